The predicted molar refractivity (Wildman–Crippen MR) is 82.4 cm³/mol. The summed E-state index contributed by atoms with van der Waals surface area (Å²) in [5.41, 5.74) is 1.50. The summed E-state index contributed by atoms with van der Waals surface area (Å²) in [4.78, 5) is 12.6. The highest BCUT2D eigenvalue weighted by atomic mass is 32.1. The second-order valence-corrected chi connectivity index (χ2v) is 5.44. The lowest BCUT2D eigenvalue weighted by molar-refractivity contribution is -0.125. The van der Waals surface area contributed by atoms with Crippen LogP contribution in [0, 0.1) is 0 Å². The maximum absolute atomic E-state index is 11.6. The van der Waals surface area contributed by atoms with E-state index in [9.17, 15) is 4.79 Å². The summed E-state index contributed by atoms with van der Waals surface area (Å²) in [6.07, 6.45) is 0. The van der Waals surface area contributed by atoms with Gasteiger partial charge in [0.15, 0.2) is 11.5 Å². The van der Waals surface area contributed by atoms with Crippen molar-refractivity contribution in [3.63, 3.8) is 0 Å². The minimum absolute atomic E-state index is 0.0428. The van der Waals surface area contributed by atoms with Crippen molar-refractivity contribution in [1.29, 1.82) is 0 Å². The maximum Gasteiger partial charge on any atom is 0.246 e. The van der Waals surface area contributed by atoms with E-state index in [2.05, 4.69) is 20.6 Å². The zero-order chi connectivity index (χ0) is 15.4. The Morgan fingerprint density at radius 3 is 3.05 bits per heavy atom. The van der Waals surface area contributed by atoms with E-state index in [4.69, 9.17) is 4.74 Å². The van der Waals surface area contributed by atoms with Gasteiger partial charge in [0.05, 0.1) is 11.4 Å². The minimum atomic E-state index is -0.187. The standard InChI is InChI=1S/C14H15N5O2S/c1-2-21-9-14(20)15-8-13-17-16-12-6-5-10(18-19(12)13)11-4-3-7-22-11/h3-7H,2,8-9H2,1H3,(H,15,20). The van der Waals surface area contributed by atoms with E-state index in [0.717, 1.165) is 10.6 Å². The van der Waals surface area contributed by atoms with Crippen LogP contribution >= 0.6 is 11.3 Å². The quantitative estimate of drug-likeness (QED) is 0.745. The normalized spacial score (nSPS) is 11.0. The van der Waals surface area contributed by atoms with Crippen molar-refractivity contribution in [3.05, 3.63) is 35.5 Å². The molecule has 0 aliphatic heterocycles. The van der Waals surface area contributed by atoms with Gasteiger partial charge >= 0.3 is 0 Å². The fourth-order valence-electron chi connectivity index (χ4n) is 1.92. The average Bonchev–Trinajstić information content (AvgIpc) is 3.19. The van der Waals surface area contributed by atoms with Gasteiger partial charge in [-0.3, -0.25) is 4.79 Å². The molecule has 0 radical (unpaired) electrons. The molecule has 0 spiro atoms. The molecule has 0 aliphatic rings. The van der Waals surface area contributed by atoms with Gasteiger partial charge in [0, 0.05) is 6.61 Å². The molecule has 0 atom stereocenters. The Morgan fingerprint density at radius 2 is 2.27 bits per heavy atom. The SMILES string of the molecule is CCOCC(=O)NCc1nnc2ccc(-c3cccs3)nn12. The number of thiophene rings is 1. The number of amides is 1. The van der Waals surface area contributed by atoms with E-state index in [1.165, 1.54) is 0 Å². The number of carbonyl (C=O) groups excluding carboxylic acids is 1. The Morgan fingerprint density at radius 1 is 1.36 bits per heavy atom. The van der Waals surface area contributed by atoms with Crippen LogP contribution in [0.3, 0.4) is 0 Å². The summed E-state index contributed by atoms with van der Waals surface area (Å²) in [7, 11) is 0. The molecule has 0 fully saturated rings. The van der Waals surface area contributed by atoms with Crippen molar-refractivity contribution in [2.75, 3.05) is 13.2 Å². The molecule has 0 saturated carbocycles. The lowest BCUT2D eigenvalue weighted by Crippen LogP contribution is -2.28. The van der Waals surface area contributed by atoms with Gasteiger partial charge in [-0.15, -0.1) is 21.5 Å². The molecule has 0 aliphatic carbocycles. The van der Waals surface area contributed by atoms with Gasteiger partial charge < -0.3 is 10.1 Å². The van der Waals surface area contributed by atoms with E-state index in [-0.39, 0.29) is 19.1 Å². The molecule has 0 unspecified atom stereocenters. The lowest BCUT2D eigenvalue weighted by Gasteiger charge is -2.04. The van der Waals surface area contributed by atoms with Gasteiger partial charge in [-0.25, -0.2) is 0 Å². The van der Waals surface area contributed by atoms with E-state index in [1.54, 1.807) is 15.9 Å². The molecule has 1 N–H and O–H groups in total. The molecule has 114 valence electrons. The molecule has 3 aromatic rings. The van der Waals surface area contributed by atoms with Gasteiger partial charge in [0.25, 0.3) is 0 Å². The van der Waals surface area contributed by atoms with Crippen LogP contribution in [0.5, 0.6) is 0 Å². The zero-order valence-corrected chi connectivity index (χ0v) is 12.8. The van der Waals surface area contributed by atoms with Crippen LogP contribution in [-0.2, 0) is 16.1 Å². The third-order valence-corrected chi connectivity index (χ3v) is 3.87. The number of hydrogen-bond donors (Lipinski definition) is 1. The number of fused-ring (bicyclic) bond motifs is 1. The Kier molecular flexibility index (Phi) is 4.40. The number of carbonyl (C=O) groups is 1. The topological polar surface area (TPSA) is 81.4 Å². The van der Waals surface area contributed by atoms with E-state index < -0.39 is 0 Å². The fourth-order valence-corrected chi connectivity index (χ4v) is 2.61. The van der Waals surface area contributed by atoms with Crippen molar-refractivity contribution >= 4 is 22.9 Å². The number of ether oxygens (including phenoxy) is 1. The van der Waals surface area contributed by atoms with Crippen LogP contribution in [-0.4, -0.2) is 38.9 Å². The second-order valence-electron chi connectivity index (χ2n) is 4.50. The lowest BCUT2D eigenvalue weighted by atomic mass is 10.3. The first-order chi connectivity index (χ1) is 10.8. The molecule has 3 heterocycles. The smallest absolute Gasteiger partial charge is 0.246 e. The van der Waals surface area contributed by atoms with Crippen molar-refractivity contribution in [3.8, 4) is 10.6 Å². The second kappa shape index (κ2) is 6.63. The highest BCUT2D eigenvalue weighted by Crippen LogP contribution is 2.22. The fraction of sp³-hybridized carbons (Fsp3) is 0.286. The first-order valence-electron chi connectivity index (χ1n) is 6.87. The number of nitrogens with zero attached hydrogens (tertiary/aromatic N) is 4. The third kappa shape index (κ3) is 3.12. The van der Waals surface area contributed by atoms with Crippen LogP contribution < -0.4 is 5.32 Å². The number of aromatic nitrogens is 4. The molecule has 3 rings (SSSR count). The number of rotatable bonds is 6. The molecule has 8 heteroatoms. The average molecular weight is 317 g/mol. The largest absolute Gasteiger partial charge is 0.372 e. The predicted octanol–water partition coefficient (Wildman–Crippen LogP) is 1.51. The van der Waals surface area contributed by atoms with Gasteiger partial charge in [0.1, 0.15) is 12.3 Å². The summed E-state index contributed by atoms with van der Waals surface area (Å²) in [5.74, 6) is 0.395. The maximum atomic E-state index is 11.6. The van der Waals surface area contributed by atoms with E-state index in [0.29, 0.717) is 18.1 Å². The monoisotopic (exact) mass is 317 g/mol. The van der Waals surface area contributed by atoms with Crippen LogP contribution in [0.15, 0.2) is 29.6 Å². The highest BCUT2D eigenvalue weighted by molar-refractivity contribution is 7.13. The zero-order valence-electron chi connectivity index (χ0n) is 12.0. The molecular formula is C14H15N5O2S. The van der Waals surface area contributed by atoms with Crippen LogP contribution in [0.2, 0.25) is 0 Å². The summed E-state index contributed by atoms with van der Waals surface area (Å²) in [6.45, 7) is 2.65. The Bertz CT molecular complexity index is 769. The highest BCUT2D eigenvalue weighted by Gasteiger charge is 2.10. The molecule has 22 heavy (non-hydrogen) atoms. The summed E-state index contributed by atoms with van der Waals surface area (Å²) in [6, 6.07) is 7.76. The van der Waals surface area contributed by atoms with Gasteiger partial charge in [-0.05, 0) is 30.5 Å². The molecule has 3 aromatic heterocycles. The molecule has 0 saturated heterocycles. The summed E-state index contributed by atoms with van der Waals surface area (Å²) in [5, 5.41) is 17.4. The summed E-state index contributed by atoms with van der Waals surface area (Å²) < 4.78 is 6.70. The molecule has 0 aromatic carbocycles. The van der Waals surface area contributed by atoms with Crippen molar-refractivity contribution in [2.24, 2.45) is 0 Å². The van der Waals surface area contributed by atoms with Gasteiger partial charge in [0.2, 0.25) is 5.91 Å². The van der Waals surface area contributed by atoms with Gasteiger partial charge in [-0.1, -0.05) is 6.07 Å². The van der Waals surface area contributed by atoms with Crippen LogP contribution in [0.4, 0.5) is 0 Å². The number of hydrogen-bond acceptors (Lipinski definition) is 6. The van der Waals surface area contributed by atoms with Crippen molar-refractivity contribution in [2.45, 2.75) is 13.5 Å². The molecule has 1 amide bonds. The van der Waals surface area contributed by atoms with Gasteiger partial charge in [-0.2, -0.15) is 9.61 Å². The Balaban J connectivity index is 1.78. The Hall–Kier alpha value is -2.32. The van der Waals surface area contributed by atoms with Crippen LogP contribution in [0.1, 0.15) is 12.7 Å². The third-order valence-electron chi connectivity index (χ3n) is 2.98. The summed E-state index contributed by atoms with van der Waals surface area (Å²) >= 11 is 1.62. The molecule has 7 nitrogen and oxygen atoms in total. The molecular weight excluding hydrogens is 302 g/mol. The van der Waals surface area contributed by atoms with E-state index >= 15 is 0 Å². The minimum Gasteiger partial charge on any atom is -0.372 e. The first-order valence-corrected chi connectivity index (χ1v) is 7.75. The van der Waals surface area contributed by atoms with Crippen molar-refractivity contribution < 1.29 is 9.53 Å². The first kappa shape index (κ1) is 14.6. The van der Waals surface area contributed by atoms with Crippen LogP contribution in [0.25, 0.3) is 16.2 Å². The van der Waals surface area contributed by atoms with E-state index in [1.807, 2.05) is 36.6 Å². The molecule has 0 bridgehead atoms. The number of nitrogens with one attached hydrogen (secondary N) is 1. The Labute approximate surface area is 130 Å². The van der Waals surface area contributed by atoms with Crippen molar-refractivity contribution in [1.82, 2.24) is 25.1 Å².